The van der Waals surface area contributed by atoms with Gasteiger partial charge < -0.3 is 13.7 Å². The van der Waals surface area contributed by atoms with Crippen molar-refractivity contribution in [3.63, 3.8) is 0 Å². The van der Waals surface area contributed by atoms with Gasteiger partial charge in [0.05, 0.1) is 33.1 Å². The van der Waals surface area contributed by atoms with Gasteiger partial charge in [0.1, 0.15) is 5.82 Å². The molecule has 7 aromatic carbocycles. The Morgan fingerprint density at radius 2 is 1.06 bits per heavy atom. The van der Waals surface area contributed by atoms with Gasteiger partial charge in [0.25, 0.3) is 0 Å². The lowest BCUT2D eigenvalue weighted by molar-refractivity contribution is 0.959. The molecule has 226 valence electrons. The van der Waals surface area contributed by atoms with Gasteiger partial charge in [-0.1, -0.05) is 109 Å². The first-order chi connectivity index (χ1) is 23.7. The number of aromatic nitrogens is 4. The number of imidazole rings is 1. The van der Waals surface area contributed by atoms with E-state index in [0.717, 1.165) is 33.8 Å². The first-order valence-corrected chi connectivity index (χ1v) is 16.4. The van der Waals surface area contributed by atoms with Crippen molar-refractivity contribution in [2.24, 2.45) is 7.05 Å². The highest BCUT2D eigenvalue weighted by molar-refractivity contribution is 6.26. The van der Waals surface area contributed by atoms with E-state index in [-0.39, 0.29) is 0 Å². The third-order valence-corrected chi connectivity index (χ3v) is 9.83. The molecule has 0 unspecified atom stereocenters. The van der Waals surface area contributed by atoms with E-state index in [4.69, 9.17) is 4.98 Å². The SMILES string of the molecule is Cn1c(-c2ccccc2)nc2ccc(-c3cccc(-n4c5ccccc5c5ccc6c(c7ccccc7n6-c6ccccc6)c54)c3)cc21. The molecule has 0 spiro atoms. The summed E-state index contributed by atoms with van der Waals surface area (Å²) in [6.45, 7) is 0. The van der Waals surface area contributed by atoms with E-state index in [2.05, 4.69) is 178 Å². The van der Waals surface area contributed by atoms with Crippen LogP contribution in [0.3, 0.4) is 0 Å². The number of aryl methyl sites for hydroxylation is 1. The molecule has 4 nitrogen and oxygen atoms in total. The number of hydrogen-bond acceptors (Lipinski definition) is 1. The summed E-state index contributed by atoms with van der Waals surface area (Å²) < 4.78 is 7.06. The molecule has 0 bridgehead atoms. The Labute approximate surface area is 277 Å². The molecule has 48 heavy (non-hydrogen) atoms. The van der Waals surface area contributed by atoms with E-state index >= 15 is 0 Å². The monoisotopic (exact) mass is 614 g/mol. The Balaban J connectivity index is 1.23. The Morgan fingerprint density at radius 1 is 0.417 bits per heavy atom. The number of nitrogens with zero attached hydrogens (tertiary/aromatic N) is 4. The lowest BCUT2D eigenvalue weighted by atomic mass is 10.0. The van der Waals surface area contributed by atoms with E-state index < -0.39 is 0 Å². The smallest absolute Gasteiger partial charge is 0.140 e. The first-order valence-electron chi connectivity index (χ1n) is 16.4. The molecule has 0 atom stereocenters. The topological polar surface area (TPSA) is 27.7 Å². The fourth-order valence-corrected chi connectivity index (χ4v) is 7.67. The predicted octanol–water partition coefficient (Wildman–Crippen LogP) is 11.1. The average Bonchev–Trinajstić information content (AvgIpc) is 3.79. The summed E-state index contributed by atoms with van der Waals surface area (Å²) in [5.74, 6) is 0.973. The number of benzene rings is 7. The predicted molar refractivity (Wildman–Crippen MR) is 200 cm³/mol. The maximum atomic E-state index is 4.98. The van der Waals surface area contributed by atoms with Crippen molar-refractivity contribution in [2.45, 2.75) is 0 Å². The quantitative estimate of drug-likeness (QED) is 0.194. The van der Waals surface area contributed by atoms with Crippen LogP contribution in [0.25, 0.3) is 88.5 Å². The zero-order valence-electron chi connectivity index (χ0n) is 26.4. The average molecular weight is 615 g/mol. The van der Waals surface area contributed by atoms with E-state index in [1.54, 1.807) is 0 Å². The van der Waals surface area contributed by atoms with E-state index in [9.17, 15) is 0 Å². The number of hydrogen-bond donors (Lipinski definition) is 0. The summed E-state index contributed by atoms with van der Waals surface area (Å²) in [6.07, 6.45) is 0. The molecule has 0 saturated carbocycles. The fraction of sp³-hybridized carbons (Fsp3) is 0.0227. The highest BCUT2D eigenvalue weighted by atomic mass is 15.1. The molecule has 0 N–H and O–H groups in total. The minimum absolute atomic E-state index is 0.973. The summed E-state index contributed by atoms with van der Waals surface area (Å²) >= 11 is 0. The summed E-state index contributed by atoms with van der Waals surface area (Å²) in [5.41, 5.74) is 12.7. The Kier molecular flexibility index (Phi) is 5.75. The molecule has 10 rings (SSSR count). The van der Waals surface area contributed by atoms with Gasteiger partial charge in [-0.3, -0.25) is 0 Å². The van der Waals surface area contributed by atoms with Gasteiger partial charge in [-0.25, -0.2) is 4.98 Å². The van der Waals surface area contributed by atoms with Crippen molar-refractivity contribution in [3.05, 3.63) is 164 Å². The van der Waals surface area contributed by atoms with Crippen molar-refractivity contribution in [1.29, 1.82) is 0 Å². The van der Waals surface area contributed by atoms with Crippen LogP contribution in [0.5, 0.6) is 0 Å². The molecule has 0 aliphatic heterocycles. The van der Waals surface area contributed by atoms with Crippen LogP contribution in [-0.2, 0) is 7.05 Å². The molecule has 4 heteroatoms. The summed E-state index contributed by atoms with van der Waals surface area (Å²) in [6, 6.07) is 58.8. The van der Waals surface area contributed by atoms with Crippen molar-refractivity contribution in [2.75, 3.05) is 0 Å². The summed E-state index contributed by atoms with van der Waals surface area (Å²) in [4.78, 5) is 4.98. The van der Waals surface area contributed by atoms with Crippen molar-refractivity contribution in [1.82, 2.24) is 18.7 Å². The number of rotatable bonds is 4. The zero-order valence-corrected chi connectivity index (χ0v) is 26.4. The minimum Gasteiger partial charge on any atom is -0.327 e. The van der Waals surface area contributed by atoms with Gasteiger partial charge in [-0.05, 0) is 65.7 Å². The second-order valence-corrected chi connectivity index (χ2v) is 12.5. The van der Waals surface area contributed by atoms with Crippen LogP contribution in [0.4, 0.5) is 0 Å². The Bertz CT molecular complexity index is 2830. The highest BCUT2D eigenvalue weighted by Gasteiger charge is 2.21. The van der Waals surface area contributed by atoms with Gasteiger partial charge in [0.15, 0.2) is 0 Å². The van der Waals surface area contributed by atoms with E-state index in [1.165, 1.54) is 54.7 Å². The molecule has 0 fully saturated rings. The molecule has 3 aromatic heterocycles. The molecule has 0 saturated heterocycles. The molecular formula is C44H30N4. The standard InChI is InChI=1S/C44H30N4/c1-46-41-28-31(23-25-37(41)45-44(46)29-13-4-2-5-14-29)30-15-12-18-33(27-30)48-38-21-10-8-19-34(38)35-24-26-40-42(43(35)48)36-20-9-11-22-39(36)47(40)32-16-6-3-7-17-32/h2-28H,1H3. The van der Waals surface area contributed by atoms with E-state index in [0.29, 0.717) is 0 Å². The molecule has 0 radical (unpaired) electrons. The third kappa shape index (κ3) is 3.86. The van der Waals surface area contributed by atoms with Crippen LogP contribution in [-0.4, -0.2) is 18.7 Å². The van der Waals surface area contributed by atoms with E-state index in [1.807, 2.05) is 6.07 Å². The maximum absolute atomic E-state index is 4.98. The number of para-hydroxylation sites is 3. The molecule has 10 aromatic rings. The van der Waals surface area contributed by atoms with Crippen LogP contribution in [0.15, 0.2) is 164 Å². The van der Waals surface area contributed by atoms with Gasteiger partial charge in [0.2, 0.25) is 0 Å². The summed E-state index contributed by atoms with van der Waals surface area (Å²) in [7, 11) is 2.10. The molecular weight excluding hydrogens is 585 g/mol. The normalized spacial score (nSPS) is 11.9. The molecule has 0 aliphatic carbocycles. The second kappa shape index (κ2) is 10.3. The van der Waals surface area contributed by atoms with Crippen molar-refractivity contribution >= 4 is 54.6 Å². The van der Waals surface area contributed by atoms with Crippen LogP contribution < -0.4 is 0 Å². The summed E-state index contributed by atoms with van der Waals surface area (Å²) in [5, 5.41) is 5.02. The lowest BCUT2D eigenvalue weighted by Crippen LogP contribution is -1.96. The Morgan fingerprint density at radius 3 is 1.88 bits per heavy atom. The van der Waals surface area contributed by atoms with Crippen LogP contribution >= 0.6 is 0 Å². The van der Waals surface area contributed by atoms with Crippen LogP contribution in [0.2, 0.25) is 0 Å². The maximum Gasteiger partial charge on any atom is 0.140 e. The van der Waals surface area contributed by atoms with Crippen molar-refractivity contribution in [3.8, 4) is 33.9 Å². The van der Waals surface area contributed by atoms with Gasteiger partial charge >= 0.3 is 0 Å². The third-order valence-electron chi connectivity index (χ3n) is 9.83. The highest BCUT2D eigenvalue weighted by Crippen LogP contribution is 2.42. The molecule has 0 aliphatic rings. The minimum atomic E-state index is 0.973. The second-order valence-electron chi connectivity index (χ2n) is 12.5. The van der Waals surface area contributed by atoms with Crippen molar-refractivity contribution < 1.29 is 0 Å². The van der Waals surface area contributed by atoms with Gasteiger partial charge in [0, 0.05) is 45.5 Å². The van der Waals surface area contributed by atoms with Crippen LogP contribution in [0, 0.1) is 0 Å². The molecule has 3 heterocycles. The lowest BCUT2D eigenvalue weighted by Gasteiger charge is -2.12. The zero-order chi connectivity index (χ0) is 31.8. The molecule has 0 amide bonds. The first kappa shape index (κ1) is 26.8. The van der Waals surface area contributed by atoms with Crippen LogP contribution in [0.1, 0.15) is 0 Å². The van der Waals surface area contributed by atoms with Gasteiger partial charge in [-0.15, -0.1) is 0 Å². The number of fused-ring (bicyclic) bond motifs is 8. The Hall–Kier alpha value is -6.39. The largest absolute Gasteiger partial charge is 0.327 e. The van der Waals surface area contributed by atoms with Gasteiger partial charge in [-0.2, -0.15) is 0 Å². The fourth-order valence-electron chi connectivity index (χ4n) is 7.67.